The summed E-state index contributed by atoms with van der Waals surface area (Å²) >= 11 is 5.70. The summed E-state index contributed by atoms with van der Waals surface area (Å²) in [5.74, 6) is 1.01. The second kappa shape index (κ2) is 8.43. The van der Waals surface area contributed by atoms with Crippen molar-refractivity contribution in [2.24, 2.45) is 0 Å². The number of rotatable bonds is 4. The predicted octanol–water partition coefficient (Wildman–Crippen LogP) is 5.51. The van der Waals surface area contributed by atoms with E-state index >= 15 is 0 Å². The van der Waals surface area contributed by atoms with Crippen molar-refractivity contribution in [2.75, 3.05) is 31.1 Å². The van der Waals surface area contributed by atoms with Gasteiger partial charge in [0.25, 0.3) is 5.69 Å². The summed E-state index contributed by atoms with van der Waals surface area (Å²) in [6.45, 7) is 3.27. The molecule has 3 aromatic carbocycles. The van der Waals surface area contributed by atoms with E-state index in [1.54, 1.807) is 30.3 Å². The number of nitro benzene ring substituents is 1. The van der Waals surface area contributed by atoms with Crippen molar-refractivity contribution in [1.29, 1.82) is 0 Å². The topological polar surface area (TPSA) is 62.8 Å². The maximum atomic E-state index is 11.3. The fourth-order valence-electron chi connectivity index (χ4n) is 4.23. The molecule has 5 rings (SSSR count). The molecule has 1 saturated heterocycles. The molecule has 6 nitrogen and oxygen atoms in total. The van der Waals surface area contributed by atoms with Crippen LogP contribution in [0.15, 0.2) is 83.3 Å². The minimum Gasteiger partial charge on any atom is -0.453 e. The Kier molecular flexibility index (Phi) is 5.33. The average Bonchev–Trinajstić information content (AvgIpc) is 3.33. The largest absolute Gasteiger partial charge is 0.453 e. The predicted molar refractivity (Wildman–Crippen MR) is 130 cm³/mol. The van der Waals surface area contributed by atoms with E-state index in [0.29, 0.717) is 22.1 Å². The van der Waals surface area contributed by atoms with Gasteiger partial charge in [0.2, 0.25) is 0 Å². The van der Waals surface area contributed by atoms with Crippen LogP contribution in [0, 0.1) is 10.1 Å². The Morgan fingerprint density at radius 3 is 2.41 bits per heavy atom. The van der Waals surface area contributed by atoms with Crippen molar-refractivity contribution >= 4 is 39.4 Å². The first kappa shape index (κ1) is 20.2. The van der Waals surface area contributed by atoms with Crippen LogP contribution in [0.2, 0.25) is 0 Å². The second-order valence-electron chi connectivity index (χ2n) is 7.72. The lowest BCUT2D eigenvalue weighted by atomic mass is 10.1. The summed E-state index contributed by atoms with van der Waals surface area (Å²) < 4.78 is 5.94. The number of nitrogens with zero attached hydrogens (tertiary/aromatic N) is 3. The number of piperazine rings is 1. The number of hydrogen-bond donors (Lipinski definition) is 0. The van der Waals surface area contributed by atoms with E-state index in [1.807, 2.05) is 0 Å². The molecule has 2 heterocycles. The van der Waals surface area contributed by atoms with Crippen molar-refractivity contribution in [1.82, 2.24) is 4.90 Å². The van der Waals surface area contributed by atoms with Gasteiger partial charge in [-0.15, -0.1) is 0 Å². The van der Waals surface area contributed by atoms with Gasteiger partial charge in [-0.2, -0.15) is 0 Å². The number of benzene rings is 3. The fraction of sp³-hybridized carbons (Fsp3) is 0.160. The van der Waals surface area contributed by atoms with Gasteiger partial charge < -0.3 is 14.2 Å². The lowest BCUT2D eigenvalue weighted by molar-refractivity contribution is -0.384. The van der Waals surface area contributed by atoms with Gasteiger partial charge in [0.1, 0.15) is 10.7 Å². The number of para-hydroxylation sites is 1. The highest BCUT2D eigenvalue weighted by molar-refractivity contribution is 7.80. The van der Waals surface area contributed by atoms with Crippen molar-refractivity contribution in [3.05, 3.63) is 94.7 Å². The molecule has 1 aliphatic rings. The monoisotopic (exact) mass is 443 g/mol. The maximum absolute atomic E-state index is 11.3. The number of hydrogen-bond acceptors (Lipinski definition) is 5. The highest BCUT2D eigenvalue weighted by Crippen LogP contribution is 2.32. The Bertz CT molecular complexity index is 1300. The van der Waals surface area contributed by atoms with E-state index in [2.05, 4.69) is 52.3 Å². The third kappa shape index (κ3) is 3.71. The van der Waals surface area contributed by atoms with Gasteiger partial charge in [0.15, 0.2) is 5.76 Å². The van der Waals surface area contributed by atoms with Gasteiger partial charge in [-0.3, -0.25) is 10.1 Å². The second-order valence-corrected chi connectivity index (χ2v) is 8.10. The normalized spacial score (nSPS) is 14.0. The minimum atomic E-state index is -0.400. The number of furan rings is 1. The molecule has 7 heteroatoms. The van der Waals surface area contributed by atoms with Crippen LogP contribution in [0.1, 0.15) is 5.76 Å². The quantitative estimate of drug-likeness (QED) is 0.236. The summed E-state index contributed by atoms with van der Waals surface area (Å²) in [4.78, 5) is 16.1. The lowest BCUT2D eigenvalue weighted by Crippen LogP contribution is -2.48. The van der Waals surface area contributed by atoms with E-state index in [4.69, 9.17) is 16.6 Å². The van der Waals surface area contributed by atoms with Crippen LogP contribution in [-0.4, -0.2) is 41.0 Å². The molecule has 160 valence electrons. The van der Waals surface area contributed by atoms with Crippen LogP contribution in [-0.2, 0) is 0 Å². The summed E-state index contributed by atoms with van der Waals surface area (Å²) in [7, 11) is 0. The van der Waals surface area contributed by atoms with Crippen molar-refractivity contribution < 1.29 is 9.34 Å². The minimum absolute atomic E-state index is 0.0167. The summed E-state index contributed by atoms with van der Waals surface area (Å²) in [5, 5.41) is 13.8. The maximum Gasteiger partial charge on any atom is 0.280 e. The van der Waals surface area contributed by atoms with Gasteiger partial charge in [-0.05, 0) is 29.7 Å². The molecule has 0 amide bonds. The van der Waals surface area contributed by atoms with Crippen LogP contribution in [0.5, 0.6) is 0 Å². The average molecular weight is 444 g/mol. The molecule has 0 atom stereocenters. The molecular formula is C25H21N3O3S. The first-order valence-electron chi connectivity index (χ1n) is 10.5. The van der Waals surface area contributed by atoms with Crippen LogP contribution in [0.4, 0.5) is 11.4 Å². The van der Waals surface area contributed by atoms with Crippen LogP contribution >= 0.6 is 12.2 Å². The van der Waals surface area contributed by atoms with Crippen molar-refractivity contribution in [3.8, 4) is 11.3 Å². The molecule has 32 heavy (non-hydrogen) atoms. The van der Waals surface area contributed by atoms with E-state index in [0.717, 1.165) is 26.2 Å². The number of fused-ring (bicyclic) bond motifs is 1. The summed E-state index contributed by atoms with van der Waals surface area (Å²) in [6, 6.07) is 24.9. The Balaban J connectivity index is 1.31. The van der Waals surface area contributed by atoms with E-state index in [-0.39, 0.29) is 5.69 Å². The molecule has 0 aliphatic carbocycles. The van der Waals surface area contributed by atoms with Gasteiger partial charge >= 0.3 is 0 Å². The molecule has 1 aliphatic heterocycles. The van der Waals surface area contributed by atoms with Gasteiger partial charge in [-0.1, -0.05) is 60.7 Å². The van der Waals surface area contributed by atoms with E-state index < -0.39 is 4.92 Å². The third-order valence-corrected chi connectivity index (χ3v) is 6.32. The summed E-state index contributed by atoms with van der Waals surface area (Å²) in [5.41, 5.74) is 1.71. The molecule has 1 fully saturated rings. The SMILES string of the molecule is O=[N+]([O-])c1ccccc1-c1ccc(C(=S)N2CCN(c3cccc4ccccc34)CC2)o1. The molecule has 0 saturated carbocycles. The number of nitro groups is 1. The molecule has 0 unspecified atom stereocenters. The van der Waals surface area contributed by atoms with Gasteiger partial charge in [0.05, 0.1) is 10.5 Å². The van der Waals surface area contributed by atoms with E-state index in [9.17, 15) is 10.1 Å². The van der Waals surface area contributed by atoms with Gasteiger partial charge in [-0.25, -0.2) is 0 Å². The van der Waals surface area contributed by atoms with Crippen LogP contribution < -0.4 is 4.90 Å². The van der Waals surface area contributed by atoms with Crippen LogP contribution in [0.25, 0.3) is 22.1 Å². The molecular weight excluding hydrogens is 422 g/mol. The van der Waals surface area contributed by atoms with Crippen molar-refractivity contribution in [3.63, 3.8) is 0 Å². The molecule has 0 radical (unpaired) electrons. The molecule has 4 aromatic rings. The zero-order valence-electron chi connectivity index (χ0n) is 17.3. The lowest BCUT2D eigenvalue weighted by Gasteiger charge is -2.37. The highest BCUT2D eigenvalue weighted by Gasteiger charge is 2.24. The zero-order chi connectivity index (χ0) is 22.1. The van der Waals surface area contributed by atoms with Crippen molar-refractivity contribution in [2.45, 2.75) is 0 Å². The molecule has 0 spiro atoms. The molecule has 0 bridgehead atoms. The molecule has 0 N–H and O–H groups in total. The standard InChI is InChI=1S/C25H21N3O3S/c29-28(30)22-10-4-3-9-20(22)23-12-13-24(31-23)25(32)27-16-14-26(15-17-27)21-11-5-7-18-6-1-2-8-19(18)21/h1-13H,14-17H2. The Morgan fingerprint density at radius 1 is 0.875 bits per heavy atom. The Hall–Kier alpha value is -3.71. The first-order chi connectivity index (χ1) is 15.6. The third-order valence-electron chi connectivity index (χ3n) is 5.86. The van der Waals surface area contributed by atoms with E-state index in [1.165, 1.54) is 22.5 Å². The highest BCUT2D eigenvalue weighted by atomic mass is 32.1. The summed E-state index contributed by atoms with van der Waals surface area (Å²) in [6.07, 6.45) is 0. The molecule has 1 aromatic heterocycles. The Morgan fingerprint density at radius 2 is 1.59 bits per heavy atom. The number of anilines is 1. The smallest absolute Gasteiger partial charge is 0.280 e. The zero-order valence-corrected chi connectivity index (χ0v) is 18.1. The van der Waals surface area contributed by atoms with Gasteiger partial charge in [0, 0.05) is 43.3 Å². The Labute approximate surface area is 190 Å². The van der Waals surface area contributed by atoms with Crippen LogP contribution in [0.3, 0.4) is 0 Å². The fourth-order valence-corrected chi connectivity index (χ4v) is 4.52. The number of thiocarbonyl (C=S) groups is 1. The first-order valence-corrected chi connectivity index (χ1v) is 10.9.